The lowest BCUT2D eigenvalue weighted by Gasteiger charge is -2.27. The lowest BCUT2D eigenvalue weighted by Crippen LogP contribution is -2.42. The summed E-state index contributed by atoms with van der Waals surface area (Å²) in [4.78, 5) is 23.0. The number of halogens is 2. The van der Waals surface area contributed by atoms with Crippen LogP contribution in [0.1, 0.15) is 29.8 Å². The summed E-state index contributed by atoms with van der Waals surface area (Å²) in [6.07, 6.45) is 3.11. The summed E-state index contributed by atoms with van der Waals surface area (Å²) in [6.45, 7) is 1.00. The van der Waals surface area contributed by atoms with E-state index in [-0.39, 0.29) is 27.0 Å². The van der Waals surface area contributed by atoms with Crippen LogP contribution in [0.4, 0.5) is 13.8 Å². The van der Waals surface area contributed by atoms with Crippen molar-refractivity contribution < 1.29 is 18.7 Å². The Morgan fingerprint density at radius 3 is 2.74 bits per heavy atom. The molecule has 8 nitrogen and oxygen atoms in total. The van der Waals surface area contributed by atoms with Gasteiger partial charge in [0.25, 0.3) is 5.91 Å². The summed E-state index contributed by atoms with van der Waals surface area (Å²) in [7, 11) is 1.55. The fourth-order valence-corrected chi connectivity index (χ4v) is 4.28. The van der Waals surface area contributed by atoms with Crippen LogP contribution < -0.4 is 16.8 Å². The molecule has 0 aliphatic carbocycles. The zero-order valence-electron chi connectivity index (χ0n) is 16.9. The molecule has 0 unspecified atom stereocenters. The molecule has 11 heteroatoms. The van der Waals surface area contributed by atoms with E-state index in [4.69, 9.17) is 11.5 Å². The maximum atomic E-state index is 14.1. The lowest BCUT2D eigenvalue weighted by atomic mass is 10.2. The first kappa shape index (κ1) is 22.6. The van der Waals surface area contributed by atoms with Crippen LogP contribution in [-0.2, 0) is 0 Å². The van der Waals surface area contributed by atoms with E-state index in [0.29, 0.717) is 25.3 Å². The number of β-amino-alcohol motifs (C(OH)–C–C–N with tert-alkyl or cyclic N) is 1. The van der Waals surface area contributed by atoms with Crippen molar-refractivity contribution in [3.63, 3.8) is 0 Å². The van der Waals surface area contributed by atoms with E-state index in [1.165, 1.54) is 12.3 Å². The summed E-state index contributed by atoms with van der Waals surface area (Å²) in [5.74, 6) is -1.89. The largest absolute Gasteiger partial charge is 0.403 e. The fourth-order valence-electron chi connectivity index (χ4n) is 3.40. The minimum atomic E-state index is -0.802. The standard InChI is InChI=1S/C20H24F2N6O2S/c1-25-18(28-8-3-2-5-11(29)10-28)14(9-23)26-19(30)16-17(24)31-20(27-16)15-12(21)6-4-7-13(15)22/h4,6-7,9,11,29H,2-3,5,8,10,23-24H2,1H3,(H,26,30)/b14-9+,25-18?/t11-/m0/s1. The minimum Gasteiger partial charge on any atom is -0.403 e. The molecule has 2 heterocycles. The second kappa shape index (κ2) is 9.84. The molecule has 1 saturated heterocycles. The number of hydrogen-bond donors (Lipinski definition) is 4. The molecule has 0 radical (unpaired) electrons. The third kappa shape index (κ3) is 5.00. The number of nitrogens with one attached hydrogen (secondary N) is 1. The zero-order valence-corrected chi connectivity index (χ0v) is 17.8. The number of hydrogen-bond acceptors (Lipinski definition) is 7. The first-order valence-corrected chi connectivity index (χ1v) is 10.5. The highest BCUT2D eigenvalue weighted by atomic mass is 32.1. The van der Waals surface area contributed by atoms with Gasteiger partial charge in [0.15, 0.2) is 5.69 Å². The summed E-state index contributed by atoms with van der Waals surface area (Å²) < 4.78 is 28.2. The topological polar surface area (TPSA) is 130 Å². The van der Waals surface area contributed by atoms with Gasteiger partial charge in [-0.2, -0.15) is 0 Å². The van der Waals surface area contributed by atoms with Gasteiger partial charge in [-0.1, -0.05) is 17.4 Å². The van der Waals surface area contributed by atoms with Gasteiger partial charge in [-0.25, -0.2) is 13.8 Å². The quantitative estimate of drug-likeness (QED) is 0.417. The maximum Gasteiger partial charge on any atom is 0.277 e. The lowest BCUT2D eigenvalue weighted by molar-refractivity contribution is 0.0963. The number of aromatic nitrogens is 1. The van der Waals surface area contributed by atoms with E-state index in [1.54, 1.807) is 7.05 Å². The predicted molar refractivity (Wildman–Crippen MR) is 116 cm³/mol. The smallest absolute Gasteiger partial charge is 0.277 e. The van der Waals surface area contributed by atoms with Gasteiger partial charge in [0.2, 0.25) is 0 Å². The number of anilines is 1. The van der Waals surface area contributed by atoms with E-state index >= 15 is 0 Å². The number of rotatable bonds is 4. The van der Waals surface area contributed by atoms with E-state index in [2.05, 4.69) is 15.3 Å². The summed E-state index contributed by atoms with van der Waals surface area (Å²) in [5, 5.41) is 12.7. The summed E-state index contributed by atoms with van der Waals surface area (Å²) in [6, 6.07) is 3.44. The molecule has 1 aromatic heterocycles. The Kier molecular flexibility index (Phi) is 7.18. The van der Waals surface area contributed by atoms with Crippen molar-refractivity contribution in [2.45, 2.75) is 25.4 Å². The Hall–Kier alpha value is -3.05. The fraction of sp³-hybridized carbons (Fsp3) is 0.350. The molecular formula is C20H24F2N6O2S. The van der Waals surface area contributed by atoms with Crippen LogP contribution in [0.25, 0.3) is 10.6 Å². The molecule has 6 N–H and O–H groups in total. The van der Waals surface area contributed by atoms with E-state index < -0.39 is 23.6 Å². The number of nitrogens with two attached hydrogens (primary N) is 2. The van der Waals surface area contributed by atoms with Crippen molar-refractivity contribution in [1.82, 2.24) is 15.2 Å². The molecule has 2 aromatic rings. The molecule has 166 valence electrons. The Morgan fingerprint density at radius 1 is 1.39 bits per heavy atom. The predicted octanol–water partition coefficient (Wildman–Crippen LogP) is 2.08. The molecular weight excluding hydrogens is 426 g/mol. The normalized spacial score (nSPS) is 18.1. The van der Waals surface area contributed by atoms with Crippen molar-refractivity contribution in [2.24, 2.45) is 10.7 Å². The first-order valence-electron chi connectivity index (χ1n) is 9.69. The average molecular weight is 451 g/mol. The monoisotopic (exact) mass is 450 g/mol. The van der Waals surface area contributed by atoms with Gasteiger partial charge in [0.05, 0.1) is 17.4 Å². The second-order valence-corrected chi connectivity index (χ2v) is 8.04. The molecule has 1 aromatic carbocycles. The zero-order chi connectivity index (χ0) is 22.5. The van der Waals surface area contributed by atoms with Crippen LogP contribution in [0.2, 0.25) is 0 Å². The molecule has 3 rings (SSSR count). The molecule has 1 aliphatic heterocycles. The molecule has 1 aliphatic rings. The number of amidine groups is 1. The van der Waals surface area contributed by atoms with Crippen molar-refractivity contribution in [1.29, 1.82) is 0 Å². The highest BCUT2D eigenvalue weighted by Crippen LogP contribution is 2.33. The van der Waals surface area contributed by atoms with Gasteiger partial charge in [0, 0.05) is 26.3 Å². The number of thiazole rings is 1. The number of likely N-dealkylation sites (tertiary alicyclic amines) is 1. The van der Waals surface area contributed by atoms with Crippen molar-refractivity contribution in [3.8, 4) is 10.6 Å². The molecule has 1 atom stereocenters. The van der Waals surface area contributed by atoms with Gasteiger partial charge in [-0.05, 0) is 31.4 Å². The number of aliphatic imine (C=N–C) groups is 1. The molecule has 0 spiro atoms. The third-order valence-electron chi connectivity index (χ3n) is 4.86. The molecule has 1 amide bonds. The number of amides is 1. The van der Waals surface area contributed by atoms with Crippen LogP contribution >= 0.6 is 11.3 Å². The molecule has 31 heavy (non-hydrogen) atoms. The summed E-state index contributed by atoms with van der Waals surface area (Å²) >= 11 is 0.805. The summed E-state index contributed by atoms with van der Waals surface area (Å²) in [5.41, 5.74) is 11.3. The SMILES string of the molecule is CN=C(/C(=C\N)NC(=O)c1nc(-c2c(F)cccc2F)sc1N)N1CCCC[C@H](O)C1. The first-order chi connectivity index (χ1) is 14.8. The number of aliphatic hydroxyl groups is 1. The average Bonchev–Trinajstić information content (AvgIpc) is 2.97. The van der Waals surface area contributed by atoms with Crippen LogP contribution in [0, 0.1) is 11.6 Å². The van der Waals surface area contributed by atoms with Crippen LogP contribution in [0.15, 0.2) is 35.1 Å². The van der Waals surface area contributed by atoms with E-state index in [1.807, 2.05) is 4.90 Å². The number of carbonyl (C=O) groups is 1. The number of carbonyl (C=O) groups excluding carboxylic acids is 1. The second-order valence-electron chi connectivity index (χ2n) is 7.01. The number of nitrogens with zero attached hydrogens (tertiary/aromatic N) is 3. The highest BCUT2D eigenvalue weighted by molar-refractivity contribution is 7.19. The molecule has 0 saturated carbocycles. The Bertz CT molecular complexity index is 1000. The Balaban J connectivity index is 1.84. The van der Waals surface area contributed by atoms with Gasteiger partial charge in [0.1, 0.15) is 27.5 Å². The van der Waals surface area contributed by atoms with E-state index in [0.717, 1.165) is 36.3 Å². The van der Waals surface area contributed by atoms with Crippen LogP contribution in [0.5, 0.6) is 0 Å². The van der Waals surface area contributed by atoms with Crippen molar-refractivity contribution in [3.05, 3.63) is 47.4 Å². The van der Waals surface area contributed by atoms with Gasteiger partial charge >= 0.3 is 0 Å². The van der Waals surface area contributed by atoms with Crippen molar-refractivity contribution in [2.75, 3.05) is 25.9 Å². The van der Waals surface area contributed by atoms with E-state index in [9.17, 15) is 18.7 Å². The minimum absolute atomic E-state index is 0.00621. The number of nitrogen functional groups attached to an aromatic ring is 1. The number of benzene rings is 1. The van der Waals surface area contributed by atoms with Crippen molar-refractivity contribution >= 4 is 28.1 Å². The van der Waals surface area contributed by atoms with Gasteiger partial charge in [-0.15, -0.1) is 0 Å². The Morgan fingerprint density at radius 2 is 2.10 bits per heavy atom. The third-order valence-corrected chi connectivity index (χ3v) is 5.76. The van der Waals surface area contributed by atoms with Crippen LogP contribution in [0.3, 0.4) is 0 Å². The maximum absolute atomic E-state index is 14.1. The van der Waals surface area contributed by atoms with Crippen LogP contribution in [-0.4, -0.2) is 53.0 Å². The molecule has 0 bridgehead atoms. The number of aliphatic hydroxyl groups excluding tert-OH is 1. The Labute approximate surface area is 182 Å². The highest BCUT2D eigenvalue weighted by Gasteiger charge is 2.25. The van der Waals surface area contributed by atoms with Gasteiger partial charge in [-0.3, -0.25) is 9.79 Å². The molecule has 1 fully saturated rings. The van der Waals surface area contributed by atoms with Gasteiger partial charge < -0.3 is 26.8 Å².